The van der Waals surface area contributed by atoms with Gasteiger partial charge in [0.25, 0.3) is 0 Å². The largest absolute Gasteiger partial charge is 0.249 e. The van der Waals surface area contributed by atoms with Crippen LogP contribution in [0.5, 0.6) is 0 Å². The third-order valence-electron chi connectivity index (χ3n) is 3.94. The molecular formula is C18H16FNO4S3. The highest BCUT2D eigenvalue weighted by Gasteiger charge is 2.21. The molecule has 0 atom stereocenters. The lowest BCUT2D eigenvalue weighted by atomic mass is 10.0. The minimum absolute atomic E-state index is 0.117. The van der Waals surface area contributed by atoms with Crippen LogP contribution in [0.4, 0.5) is 4.39 Å². The van der Waals surface area contributed by atoms with E-state index in [1.807, 2.05) is 0 Å². The van der Waals surface area contributed by atoms with Crippen molar-refractivity contribution >= 4 is 31.2 Å². The van der Waals surface area contributed by atoms with E-state index in [2.05, 4.69) is 4.72 Å². The molecule has 0 unspecified atom stereocenters. The maximum Gasteiger partial charge on any atom is 0.249 e. The Bertz CT molecular complexity index is 1180. The summed E-state index contributed by atoms with van der Waals surface area (Å²) in [6, 6.07) is 13.5. The van der Waals surface area contributed by atoms with Crippen molar-refractivity contribution in [3.8, 4) is 21.6 Å². The summed E-state index contributed by atoms with van der Waals surface area (Å²) in [6.45, 7) is 0. The molecule has 142 valence electrons. The molecule has 0 spiro atoms. The van der Waals surface area contributed by atoms with Crippen LogP contribution in [0.25, 0.3) is 21.6 Å². The molecule has 0 saturated carbocycles. The van der Waals surface area contributed by atoms with Crippen LogP contribution in [0.1, 0.15) is 0 Å². The van der Waals surface area contributed by atoms with Crippen LogP contribution in [-0.2, 0) is 19.9 Å². The first-order valence-corrected chi connectivity index (χ1v) is 11.9. The monoisotopic (exact) mass is 425 g/mol. The molecule has 0 aliphatic heterocycles. The van der Waals surface area contributed by atoms with Gasteiger partial charge in [0.2, 0.25) is 10.0 Å². The van der Waals surface area contributed by atoms with Gasteiger partial charge in [0, 0.05) is 16.7 Å². The highest BCUT2D eigenvalue weighted by Crippen LogP contribution is 2.41. The molecule has 0 aliphatic rings. The summed E-state index contributed by atoms with van der Waals surface area (Å²) >= 11 is 1.06. The van der Waals surface area contributed by atoms with E-state index in [-0.39, 0.29) is 9.10 Å². The zero-order valence-corrected chi connectivity index (χ0v) is 16.9. The zero-order valence-electron chi connectivity index (χ0n) is 14.4. The fourth-order valence-electron chi connectivity index (χ4n) is 2.51. The maximum absolute atomic E-state index is 13.3. The highest BCUT2D eigenvalue weighted by molar-refractivity contribution is 7.91. The molecule has 0 fully saturated rings. The molecule has 0 bridgehead atoms. The van der Waals surface area contributed by atoms with Crippen molar-refractivity contribution in [2.45, 2.75) is 9.10 Å². The third-order valence-corrected chi connectivity index (χ3v) is 8.14. The summed E-state index contributed by atoms with van der Waals surface area (Å²) in [5, 5.41) is 0. The SMILES string of the molecule is CNS(=O)(=O)c1cc(-c2ccc(S(C)(=O)=O)cc2)c(-c2ccc(F)cc2)s1. The summed E-state index contributed by atoms with van der Waals surface area (Å²) in [5.41, 5.74) is 1.96. The lowest BCUT2D eigenvalue weighted by Crippen LogP contribution is -2.17. The predicted molar refractivity (Wildman–Crippen MR) is 105 cm³/mol. The van der Waals surface area contributed by atoms with E-state index in [1.54, 1.807) is 24.3 Å². The number of thiophene rings is 1. The lowest BCUT2D eigenvalue weighted by Gasteiger charge is -2.05. The van der Waals surface area contributed by atoms with Crippen molar-refractivity contribution < 1.29 is 21.2 Å². The molecule has 9 heteroatoms. The Hall–Kier alpha value is -2.07. The van der Waals surface area contributed by atoms with E-state index in [4.69, 9.17) is 0 Å². The Morgan fingerprint density at radius 2 is 1.44 bits per heavy atom. The lowest BCUT2D eigenvalue weighted by molar-refractivity contribution is 0.590. The molecule has 1 aromatic heterocycles. The Morgan fingerprint density at radius 1 is 0.889 bits per heavy atom. The summed E-state index contributed by atoms with van der Waals surface area (Å²) in [5.74, 6) is -0.391. The first-order valence-electron chi connectivity index (χ1n) is 7.75. The molecule has 0 radical (unpaired) electrons. The van der Waals surface area contributed by atoms with Crippen LogP contribution in [0, 0.1) is 5.82 Å². The van der Waals surface area contributed by atoms with Gasteiger partial charge in [-0.2, -0.15) is 0 Å². The van der Waals surface area contributed by atoms with Crippen molar-refractivity contribution in [1.82, 2.24) is 4.72 Å². The minimum atomic E-state index is -3.66. The molecular weight excluding hydrogens is 409 g/mol. The maximum atomic E-state index is 13.3. The third kappa shape index (κ3) is 4.11. The molecule has 2 aromatic carbocycles. The Balaban J connectivity index is 2.20. The van der Waals surface area contributed by atoms with Crippen LogP contribution in [0.15, 0.2) is 63.7 Å². The van der Waals surface area contributed by atoms with Crippen LogP contribution in [-0.4, -0.2) is 30.1 Å². The van der Waals surface area contributed by atoms with E-state index in [1.165, 1.54) is 37.4 Å². The average Bonchev–Trinajstić information content (AvgIpc) is 3.08. The zero-order chi connectivity index (χ0) is 19.8. The van der Waals surface area contributed by atoms with E-state index < -0.39 is 25.7 Å². The van der Waals surface area contributed by atoms with Crippen molar-refractivity contribution in [3.63, 3.8) is 0 Å². The highest BCUT2D eigenvalue weighted by atomic mass is 32.2. The number of benzene rings is 2. The molecule has 0 saturated heterocycles. The van der Waals surface area contributed by atoms with E-state index >= 15 is 0 Å². The van der Waals surface area contributed by atoms with Gasteiger partial charge in [-0.1, -0.05) is 24.3 Å². The van der Waals surface area contributed by atoms with Gasteiger partial charge in [-0.15, -0.1) is 11.3 Å². The van der Waals surface area contributed by atoms with E-state index in [9.17, 15) is 21.2 Å². The number of hydrogen-bond donors (Lipinski definition) is 1. The molecule has 3 aromatic rings. The number of nitrogens with one attached hydrogen (secondary N) is 1. The number of halogens is 1. The molecule has 0 aliphatic carbocycles. The van der Waals surface area contributed by atoms with Crippen LogP contribution >= 0.6 is 11.3 Å². The van der Waals surface area contributed by atoms with Gasteiger partial charge in [0.1, 0.15) is 10.0 Å². The second kappa shape index (κ2) is 7.16. The summed E-state index contributed by atoms with van der Waals surface area (Å²) in [6.07, 6.45) is 1.12. The summed E-state index contributed by atoms with van der Waals surface area (Å²) < 4.78 is 63.4. The molecule has 5 nitrogen and oxygen atoms in total. The predicted octanol–water partition coefficient (Wildman–Crippen LogP) is 3.53. The first-order chi connectivity index (χ1) is 12.6. The molecule has 1 N–H and O–H groups in total. The van der Waals surface area contributed by atoms with Crippen LogP contribution in [0.3, 0.4) is 0 Å². The van der Waals surface area contributed by atoms with Gasteiger partial charge in [-0.05, 0) is 48.5 Å². The summed E-state index contributed by atoms with van der Waals surface area (Å²) in [4.78, 5) is 0.823. The quantitative estimate of drug-likeness (QED) is 0.678. The summed E-state index contributed by atoms with van der Waals surface area (Å²) in [7, 11) is -5.67. The van der Waals surface area contributed by atoms with Gasteiger partial charge >= 0.3 is 0 Å². The van der Waals surface area contributed by atoms with Gasteiger partial charge in [-0.25, -0.2) is 25.9 Å². The van der Waals surface area contributed by atoms with E-state index in [0.717, 1.165) is 17.6 Å². The van der Waals surface area contributed by atoms with Gasteiger partial charge in [-0.3, -0.25) is 0 Å². The standard InChI is InChI=1S/C18H16FNO4S3/c1-20-27(23,24)17-11-16(12-5-9-15(10-6-12)26(2,21)22)18(25-17)13-3-7-14(19)8-4-13/h3-11,20H,1-2H3. The van der Waals surface area contributed by atoms with Crippen LogP contribution < -0.4 is 4.72 Å². The second-order valence-corrected chi connectivity index (χ2v) is 11.0. The van der Waals surface area contributed by atoms with Gasteiger partial charge in [0.15, 0.2) is 9.84 Å². The topological polar surface area (TPSA) is 80.3 Å². The number of rotatable bonds is 5. The normalized spacial score (nSPS) is 12.3. The van der Waals surface area contributed by atoms with Crippen LogP contribution in [0.2, 0.25) is 0 Å². The Labute approximate surface area is 161 Å². The van der Waals surface area contributed by atoms with Crippen molar-refractivity contribution in [2.75, 3.05) is 13.3 Å². The number of sulfone groups is 1. The smallest absolute Gasteiger partial charge is 0.224 e. The average molecular weight is 426 g/mol. The Kier molecular flexibility index (Phi) is 5.22. The van der Waals surface area contributed by atoms with Crippen molar-refractivity contribution in [3.05, 3.63) is 60.4 Å². The first kappa shape index (κ1) is 19.7. The van der Waals surface area contributed by atoms with Crippen molar-refractivity contribution in [1.29, 1.82) is 0 Å². The van der Waals surface area contributed by atoms with Crippen molar-refractivity contribution in [2.24, 2.45) is 0 Å². The minimum Gasteiger partial charge on any atom is -0.224 e. The van der Waals surface area contributed by atoms with Gasteiger partial charge in [0.05, 0.1) is 4.90 Å². The molecule has 27 heavy (non-hydrogen) atoms. The number of hydrogen-bond acceptors (Lipinski definition) is 5. The molecule has 3 rings (SSSR count). The second-order valence-electron chi connectivity index (χ2n) is 5.82. The van der Waals surface area contributed by atoms with E-state index in [0.29, 0.717) is 21.6 Å². The Morgan fingerprint density at radius 3 is 1.96 bits per heavy atom. The molecule has 1 heterocycles. The van der Waals surface area contributed by atoms with Gasteiger partial charge < -0.3 is 0 Å². The number of sulfonamides is 1. The fraction of sp³-hybridized carbons (Fsp3) is 0.111. The molecule has 0 amide bonds. The fourth-order valence-corrected chi connectivity index (χ4v) is 5.48.